The van der Waals surface area contributed by atoms with Crippen LogP contribution in [0.2, 0.25) is 0 Å². The number of hydrogen-bond acceptors (Lipinski definition) is 3. The predicted octanol–water partition coefficient (Wildman–Crippen LogP) is 2.50. The molecule has 0 bridgehead atoms. The summed E-state index contributed by atoms with van der Waals surface area (Å²) in [5.41, 5.74) is 1.61. The summed E-state index contributed by atoms with van der Waals surface area (Å²) in [6.45, 7) is 4.59. The molecule has 1 aromatic heterocycles. The highest BCUT2D eigenvalue weighted by Crippen LogP contribution is 2.49. The van der Waals surface area contributed by atoms with Crippen LogP contribution in [-0.4, -0.2) is 40.9 Å². The first-order valence-electron chi connectivity index (χ1n) is 8.75. The van der Waals surface area contributed by atoms with Crippen molar-refractivity contribution in [2.75, 3.05) is 20.1 Å². The quantitative estimate of drug-likeness (QED) is 0.549. The molecule has 0 saturated heterocycles. The summed E-state index contributed by atoms with van der Waals surface area (Å²) in [4.78, 5) is 4.34. The molecule has 0 amide bonds. The number of aryl methyl sites for hydroxylation is 1. The van der Waals surface area contributed by atoms with E-state index in [4.69, 9.17) is 0 Å². The van der Waals surface area contributed by atoms with Crippen molar-refractivity contribution in [2.24, 2.45) is 4.99 Å². The molecular formula is C18H25BrN6. The summed E-state index contributed by atoms with van der Waals surface area (Å²) in [5, 5.41) is 14.9. The molecule has 6 nitrogen and oxygen atoms in total. The lowest BCUT2D eigenvalue weighted by atomic mass is 9.96. The molecule has 134 valence electrons. The van der Waals surface area contributed by atoms with Gasteiger partial charge in [0.1, 0.15) is 12.2 Å². The number of halogens is 1. The Balaban J connectivity index is 1.51. The van der Waals surface area contributed by atoms with Crippen LogP contribution in [0.1, 0.15) is 31.2 Å². The van der Waals surface area contributed by atoms with E-state index in [1.165, 1.54) is 22.9 Å². The molecule has 2 N–H and O–H groups in total. The Kier molecular flexibility index (Phi) is 5.73. The highest BCUT2D eigenvalue weighted by atomic mass is 79.9. The predicted molar refractivity (Wildman–Crippen MR) is 104 cm³/mol. The number of aromatic nitrogens is 3. The van der Waals surface area contributed by atoms with Gasteiger partial charge in [-0.1, -0.05) is 41.1 Å². The van der Waals surface area contributed by atoms with E-state index in [0.29, 0.717) is 0 Å². The Morgan fingerprint density at radius 3 is 2.80 bits per heavy atom. The minimum Gasteiger partial charge on any atom is -0.356 e. The molecule has 1 aliphatic rings. The summed E-state index contributed by atoms with van der Waals surface area (Å²) in [6, 6.07) is 8.50. The number of guanidine groups is 1. The monoisotopic (exact) mass is 404 g/mol. The third-order valence-corrected chi connectivity index (χ3v) is 5.47. The Bertz CT molecular complexity index is 735. The molecule has 1 aliphatic carbocycles. The number of hydrogen-bond donors (Lipinski definition) is 2. The molecule has 1 saturated carbocycles. The first-order chi connectivity index (χ1) is 12.2. The number of nitrogens with zero attached hydrogens (tertiary/aromatic N) is 4. The number of benzene rings is 1. The second-order valence-corrected chi connectivity index (χ2v) is 7.26. The molecule has 3 rings (SSSR count). The standard InChI is InChI=1S/C18H25BrN6/c1-3-16-24-23-13-25(16)11-10-21-17(20-2)22-12-18(8-9-18)14-6-4-5-7-15(14)19/h4-7,13H,3,8-12H2,1-2H3,(H2,20,21,22). The van der Waals surface area contributed by atoms with Gasteiger partial charge in [-0.3, -0.25) is 4.99 Å². The van der Waals surface area contributed by atoms with Gasteiger partial charge in [-0.25, -0.2) is 0 Å². The molecule has 7 heteroatoms. The van der Waals surface area contributed by atoms with Crippen LogP contribution in [0.25, 0.3) is 0 Å². The van der Waals surface area contributed by atoms with E-state index in [0.717, 1.165) is 37.8 Å². The number of aliphatic imine (C=N–C) groups is 1. The van der Waals surface area contributed by atoms with Crippen molar-refractivity contribution in [3.8, 4) is 0 Å². The molecule has 1 aromatic carbocycles. The van der Waals surface area contributed by atoms with Crippen molar-refractivity contribution in [1.29, 1.82) is 0 Å². The van der Waals surface area contributed by atoms with Crippen molar-refractivity contribution in [3.63, 3.8) is 0 Å². The van der Waals surface area contributed by atoms with Gasteiger partial charge in [0.25, 0.3) is 0 Å². The SMILES string of the molecule is CCc1nncn1CCNC(=NC)NCC1(c2ccccc2Br)CC1. The lowest BCUT2D eigenvalue weighted by Crippen LogP contribution is -2.42. The van der Waals surface area contributed by atoms with Gasteiger partial charge in [0.05, 0.1) is 0 Å². The van der Waals surface area contributed by atoms with Crippen LogP contribution in [0, 0.1) is 0 Å². The Hall–Kier alpha value is -1.89. The summed E-state index contributed by atoms with van der Waals surface area (Å²) >= 11 is 3.69. The smallest absolute Gasteiger partial charge is 0.191 e. The molecule has 0 aliphatic heterocycles. The molecule has 0 radical (unpaired) electrons. The zero-order chi connectivity index (χ0) is 17.7. The average Bonchev–Trinajstić information content (AvgIpc) is 3.28. The van der Waals surface area contributed by atoms with Gasteiger partial charge in [-0.05, 0) is 24.5 Å². The van der Waals surface area contributed by atoms with Gasteiger partial charge in [0.15, 0.2) is 5.96 Å². The zero-order valence-electron chi connectivity index (χ0n) is 14.8. The number of rotatable bonds is 7. The zero-order valence-corrected chi connectivity index (χ0v) is 16.4. The molecule has 0 atom stereocenters. The second-order valence-electron chi connectivity index (χ2n) is 6.41. The van der Waals surface area contributed by atoms with Crippen LogP contribution in [-0.2, 0) is 18.4 Å². The molecule has 0 spiro atoms. The van der Waals surface area contributed by atoms with Crippen molar-refractivity contribution in [1.82, 2.24) is 25.4 Å². The van der Waals surface area contributed by atoms with Crippen molar-refractivity contribution in [2.45, 2.75) is 38.1 Å². The van der Waals surface area contributed by atoms with Gasteiger partial charge in [0, 0.05) is 43.0 Å². The van der Waals surface area contributed by atoms with E-state index >= 15 is 0 Å². The van der Waals surface area contributed by atoms with Crippen molar-refractivity contribution in [3.05, 3.63) is 46.5 Å². The Morgan fingerprint density at radius 2 is 2.12 bits per heavy atom. The third kappa shape index (κ3) is 4.21. The van der Waals surface area contributed by atoms with Crippen LogP contribution in [0.15, 0.2) is 40.1 Å². The Labute approximate surface area is 157 Å². The summed E-state index contributed by atoms with van der Waals surface area (Å²) in [7, 11) is 1.81. The molecular weight excluding hydrogens is 380 g/mol. The van der Waals surface area contributed by atoms with Gasteiger partial charge >= 0.3 is 0 Å². The normalized spacial score (nSPS) is 15.9. The average molecular weight is 405 g/mol. The summed E-state index contributed by atoms with van der Waals surface area (Å²) < 4.78 is 3.26. The van der Waals surface area contributed by atoms with Crippen LogP contribution >= 0.6 is 15.9 Å². The highest BCUT2D eigenvalue weighted by Gasteiger charge is 2.45. The van der Waals surface area contributed by atoms with Gasteiger partial charge in [-0.2, -0.15) is 0 Å². The van der Waals surface area contributed by atoms with Crippen LogP contribution < -0.4 is 10.6 Å². The minimum atomic E-state index is 0.224. The Morgan fingerprint density at radius 1 is 1.32 bits per heavy atom. The maximum atomic E-state index is 4.34. The maximum Gasteiger partial charge on any atom is 0.191 e. The topological polar surface area (TPSA) is 67.1 Å². The fraction of sp³-hybridized carbons (Fsp3) is 0.500. The van der Waals surface area contributed by atoms with Gasteiger partial charge < -0.3 is 15.2 Å². The minimum absolute atomic E-state index is 0.224. The molecule has 2 aromatic rings. The van der Waals surface area contributed by atoms with E-state index < -0.39 is 0 Å². The first-order valence-corrected chi connectivity index (χ1v) is 9.54. The summed E-state index contributed by atoms with van der Waals surface area (Å²) in [5.74, 6) is 1.85. The van der Waals surface area contributed by atoms with Crippen LogP contribution in [0.5, 0.6) is 0 Å². The second kappa shape index (κ2) is 7.99. The highest BCUT2D eigenvalue weighted by molar-refractivity contribution is 9.10. The summed E-state index contributed by atoms with van der Waals surface area (Å²) in [6.07, 6.45) is 5.09. The van der Waals surface area contributed by atoms with E-state index in [1.54, 1.807) is 6.33 Å². The number of nitrogens with one attached hydrogen (secondary N) is 2. The van der Waals surface area contributed by atoms with E-state index in [1.807, 2.05) is 7.05 Å². The van der Waals surface area contributed by atoms with Gasteiger partial charge in [0.2, 0.25) is 0 Å². The lowest BCUT2D eigenvalue weighted by Gasteiger charge is -2.20. The molecule has 25 heavy (non-hydrogen) atoms. The van der Waals surface area contributed by atoms with E-state index in [2.05, 4.69) is 77.5 Å². The van der Waals surface area contributed by atoms with Crippen molar-refractivity contribution >= 4 is 21.9 Å². The molecule has 0 unspecified atom stereocenters. The van der Waals surface area contributed by atoms with Gasteiger partial charge in [-0.15, -0.1) is 10.2 Å². The maximum absolute atomic E-state index is 4.34. The van der Waals surface area contributed by atoms with Crippen LogP contribution in [0.3, 0.4) is 0 Å². The third-order valence-electron chi connectivity index (χ3n) is 4.77. The van der Waals surface area contributed by atoms with E-state index in [9.17, 15) is 0 Å². The fourth-order valence-electron chi connectivity index (χ4n) is 3.09. The molecule has 1 fully saturated rings. The van der Waals surface area contributed by atoms with Crippen molar-refractivity contribution < 1.29 is 0 Å². The van der Waals surface area contributed by atoms with E-state index in [-0.39, 0.29) is 5.41 Å². The largest absolute Gasteiger partial charge is 0.356 e. The van der Waals surface area contributed by atoms with Crippen LogP contribution in [0.4, 0.5) is 0 Å². The lowest BCUT2D eigenvalue weighted by molar-refractivity contribution is 0.614. The fourth-order valence-corrected chi connectivity index (χ4v) is 3.80. The first kappa shape index (κ1) is 17.9. The molecule has 1 heterocycles.